The van der Waals surface area contributed by atoms with Gasteiger partial charge in [-0.1, -0.05) is 18.9 Å². The number of nitrogens with two attached hydrogens (primary N) is 1. The first-order valence-electron chi connectivity index (χ1n) is 10.3. The molecule has 0 spiro atoms. The molecule has 3 N–H and O–H groups in total. The Bertz CT molecular complexity index is 998. The quantitative estimate of drug-likeness (QED) is 0.333. The fourth-order valence-electron chi connectivity index (χ4n) is 2.91. The third kappa shape index (κ3) is 6.67. The molecule has 33 heavy (non-hydrogen) atoms. The molecule has 2 heterocycles. The largest absolute Gasteiger partial charge is 0.613 e. The van der Waals surface area contributed by atoms with Gasteiger partial charge in [0, 0.05) is 19.2 Å². The minimum atomic E-state index is -2.43. The molecule has 0 aliphatic rings. The van der Waals surface area contributed by atoms with Gasteiger partial charge in [0.15, 0.2) is 5.82 Å². The minimum absolute atomic E-state index is 0.198. The summed E-state index contributed by atoms with van der Waals surface area (Å²) in [5, 5.41) is 6.74. The summed E-state index contributed by atoms with van der Waals surface area (Å²) >= 11 is 0. The van der Waals surface area contributed by atoms with Crippen LogP contribution in [-0.4, -0.2) is 65.1 Å². The maximum absolute atomic E-state index is 12.5. The fraction of sp³-hybridized carbons (Fsp3) is 0.600. The van der Waals surface area contributed by atoms with Crippen LogP contribution in [0.25, 0.3) is 5.52 Å². The van der Waals surface area contributed by atoms with Crippen LogP contribution >= 0.6 is 8.18 Å². The summed E-state index contributed by atoms with van der Waals surface area (Å²) in [6.45, 7) is 6.41. The van der Waals surface area contributed by atoms with Gasteiger partial charge in [0.1, 0.15) is 36.2 Å². The number of rotatable bonds is 12. The summed E-state index contributed by atoms with van der Waals surface area (Å²) < 4.78 is 35.4. The van der Waals surface area contributed by atoms with E-state index >= 15 is 0 Å². The number of carbonyl (C=O) groups excluding carboxylic acids is 2. The van der Waals surface area contributed by atoms with Gasteiger partial charge in [-0.3, -0.25) is 9.59 Å². The Morgan fingerprint density at radius 3 is 2.55 bits per heavy atom. The zero-order valence-electron chi connectivity index (χ0n) is 19.6. The molecule has 0 aliphatic heterocycles. The van der Waals surface area contributed by atoms with E-state index in [0.717, 1.165) is 0 Å². The first-order valence-corrected chi connectivity index (χ1v) is 11.5. The van der Waals surface area contributed by atoms with Gasteiger partial charge < -0.3 is 19.9 Å². The summed E-state index contributed by atoms with van der Waals surface area (Å²) in [5.41, 5.74) is 6.04. The van der Waals surface area contributed by atoms with Crippen molar-refractivity contribution in [2.24, 2.45) is 5.92 Å². The van der Waals surface area contributed by atoms with E-state index in [4.69, 9.17) is 19.7 Å². The lowest BCUT2D eigenvalue weighted by Crippen LogP contribution is -2.49. The number of esters is 2. The minimum Gasteiger partial charge on any atom is -0.468 e. The van der Waals surface area contributed by atoms with Crippen molar-refractivity contribution in [3.05, 3.63) is 24.2 Å². The average Bonchev–Trinajstić information content (AvgIpc) is 3.20. The molecule has 0 aromatic carbocycles. The third-order valence-electron chi connectivity index (χ3n) is 5.15. The molecule has 2 rings (SSSR count). The second-order valence-corrected chi connectivity index (χ2v) is 9.00. The van der Waals surface area contributed by atoms with E-state index < -0.39 is 37.9 Å². The number of nitrogen functional groups attached to an aromatic ring is 1. The standard InChI is InChI=1S/C20H31N5O7P/c1-12(2)18(26)32-16(9-14-7-8-15-17(21)22-11-23-25(14)15)20(4,30-6)10-31-33(28)24-13(3)19(27)29-5/h7-8,11-13,16H,9-10H2,1-6H3,(H,24,28)(H2,21,22,23)/q+1/t13-,16-,20+/m0/s1. The predicted octanol–water partition coefficient (Wildman–Crippen LogP) is 1.65. The number of nitrogens with zero attached hydrogens (tertiary/aromatic N) is 3. The first kappa shape index (κ1) is 26.6. The molecular formula is C20H31N5O7P+. The van der Waals surface area contributed by atoms with Gasteiger partial charge >= 0.3 is 20.1 Å². The highest BCUT2D eigenvalue weighted by atomic mass is 31.1. The van der Waals surface area contributed by atoms with Crippen LogP contribution in [0.3, 0.4) is 0 Å². The molecule has 0 aliphatic carbocycles. The van der Waals surface area contributed by atoms with E-state index in [1.807, 2.05) is 0 Å². The van der Waals surface area contributed by atoms with Crippen LogP contribution in [0.15, 0.2) is 18.5 Å². The number of hydrogen-bond donors (Lipinski definition) is 2. The second-order valence-electron chi connectivity index (χ2n) is 7.97. The molecule has 4 atom stereocenters. The van der Waals surface area contributed by atoms with E-state index in [2.05, 4.69) is 19.9 Å². The van der Waals surface area contributed by atoms with Gasteiger partial charge in [-0.2, -0.15) is 5.10 Å². The maximum Gasteiger partial charge on any atom is 0.613 e. The third-order valence-corrected chi connectivity index (χ3v) is 6.12. The van der Waals surface area contributed by atoms with Crippen LogP contribution in [0.2, 0.25) is 0 Å². The van der Waals surface area contributed by atoms with Gasteiger partial charge in [-0.05, 0) is 30.5 Å². The molecule has 2 aromatic heterocycles. The molecule has 0 saturated heterocycles. The number of nitrogens with one attached hydrogen (secondary N) is 1. The molecular weight excluding hydrogens is 453 g/mol. The van der Waals surface area contributed by atoms with Crippen molar-refractivity contribution in [2.75, 3.05) is 26.6 Å². The zero-order valence-corrected chi connectivity index (χ0v) is 20.5. The van der Waals surface area contributed by atoms with Crippen LogP contribution in [0.4, 0.5) is 5.82 Å². The normalized spacial score (nSPS) is 15.7. The number of fused-ring (bicyclic) bond motifs is 1. The van der Waals surface area contributed by atoms with Crippen molar-refractivity contribution in [3.8, 4) is 0 Å². The van der Waals surface area contributed by atoms with Gasteiger partial charge in [-0.15, -0.1) is 4.52 Å². The lowest BCUT2D eigenvalue weighted by atomic mass is 9.95. The lowest BCUT2D eigenvalue weighted by Gasteiger charge is -2.34. The molecule has 13 heteroatoms. The van der Waals surface area contributed by atoms with Crippen LogP contribution in [0, 0.1) is 5.92 Å². The highest BCUT2D eigenvalue weighted by Gasteiger charge is 2.42. The molecule has 0 bridgehead atoms. The van der Waals surface area contributed by atoms with Crippen molar-refractivity contribution >= 4 is 31.5 Å². The number of carbonyl (C=O) groups is 2. The predicted molar refractivity (Wildman–Crippen MR) is 119 cm³/mol. The summed E-state index contributed by atoms with van der Waals surface area (Å²) in [6.07, 6.45) is 0.714. The fourth-order valence-corrected chi connectivity index (χ4v) is 3.77. The maximum atomic E-state index is 12.5. The average molecular weight is 484 g/mol. The van der Waals surface area contributed by atoms with Crippen molar-refractivity contribution in [2.45, 2.75) is 51.9 Å². The van der Waals surface area contributed by atoms with Crippen molar-refractivity contribution in [1.82, 2.24) is 19.7 Å². The number of anilines is 1. The summed E-state index contributed by atoms with van der Waals surface area (Å²) in [5.74, 6) is -1.08. The highest BCUT2D eigenvalue weighted by molar-refractivity contribution is 7.36. The topological polar surface area (TPSA) is 156 Å². The van der Waals surface area contributed by atoms with E-state index in [1.165, 1.54) is 27.5 Å². The summed E-state index contributed by atoms with van der Waals surface area (Å²) in [6, 6.07) is 2.73. The Hall–Kier alpha value is -2.66. The lowest BCUT2D eigenvalue weighted by molar-refractivity contribution is -0.175. The van der Waals surface area contributed by atoms with E-state index in [0.29, 0.717) is 17.0 Å². The van der Waals surface area contributed by atoms with Gasteiger partial charge in [0.05, 0.1) is 13.0 Å². The Kier molecular flexibility index (Phi) is 9.24. The summed E-state index contributed by atoms with van der Waals surface area (Å²) in [7, 11) is 0.236. The number of aromatic nitrogens is 3. The molecule has 0 fully saturated rings. The molecule has 2 aromatic rings. The van der Waals surface area contributed by atoms with Crippen molar-refractivity contribution in [3.63, 3.8) is 0 Å². The van der Waals surface area contributed by atoms with E-state index in [-0.39, 0.29) is 18.9 Å². The number of ether oxygens (including phenoxy) is 3. The number of methoxy groups -OCH3 is 2. The Balaban J connectivity index is 2.25. The highest BCUT2D eigenvalue weighted by Crippen LogP contribution is 2.29. The smallest absolute Gasteiger partial charge is 0.468 e. The van der Waals surface area contributed by atoms with Crippen LogP contribution in [0.5, 0.6) is 0 Å². The van der Waals surface area contributed by atoms with Gasteiger partial charge in [0.25, 0.3) is 0 Å². The van der Waals surface area contributed by atoms with Crippen LogP contribution < -0.4 is 10.8 Å². The monoisotopic (exact) mass is 484 g/mol. The summed E-state index contributed by atoms with van der Waals surface area (Å²) in [4.78, 5) is 28.0. The molecule has 0 amide bonds. The van der Waals surface area contributed by atoms with Gasteiger partial charge in [0.2, 0.25) is 0 Å². The Morgan fingerprint density at radius 1 is 1.24 bits per heavy atom. The molecule has 12 nitrogen and oxygen atoms in total. The van der Waals surface area contributed by atoms with Crippen LogP contribution in [0.1, 0.15) is 33.4 Å². The SMILES string of the molecule is COC(=O)[C@H](C)N[P+](=O)OC[C@@](C)(OC)[C@H](Cc1ccc2c(N)ncnn12)OC(=O)C(C)C. The molecule has 182 valence electrons. The molecule has 0 radical (unpaired) electrons. The van der Waals surface area contributed by atoms with Crippen molar-refractivity contribution in [1.29, 1.82) is 0 Å². The van der Waals surface area contributed by atoms with Crippen LogP contribution in [-0.2, 0) is 39.3 Å². The van der Waals surface area contributed by atoms with E-state index in [9.17, 15) is 14.2 Å². The number of hydrogen-bond acceptors (Lipinski definition) is 10. The molecule has 0 saturated carbocycles. The van der Waals surface area contributed by atoms with Gasteiger partial charge in [-0.25, -0.2) is 9.50 Å². The zero-order chi connectivity index (χ0) is 24.8. The Morgan fingerprint density at radius 2 is 1.94 bits per heavy atom. The van der Waals surface area contributed by atoms with E-state index in [1.54, 1.807) is 37.4 Å². The first-order chi connectivity index (χ1) is 15.5. The Labute approximate surface area is 193 Å². The molecule has 1 unspecified atom stereocenters. The second kappa shape index (κ2) is 11.5. The van der Waals surface area contributed by atoms with Crippen molar-refractivity contribution < 1.29 is 32.9 Å².